The maximum Gasteiger partial charge on any atom is 0.303 e. The van der Waals surface area contributed by atoms with Crippen LogP contribution in [0.4, 0.5) is 0 Å². The van der Waals surface area contributed by atoms with Gasteiger partial charge in [0.15, 0.2) is 5.03 Å². The molecule has 1 saturated heterocycles. The van der Waals surface area contributed by atoms with Gasteiger partial charge in [0, 0.05) is 13.1 Å². The molecule has 1 aromatic rings. The first-order valence-corrected chi connectivity index (χ1v) is 6.14. The molecule has 8 heteroatoms. The number of carboxylic acid groups (broad SMARTS) is 1. The molecule has 1 fully saturated rings. The number of H-pyrrole nitrogens is 1. The van der Waals surface area contributed by atoms with E-state index in [1.54, 1.807) is 0 Å². The average molecular weight is 245 g/mol. The van der Waals surface area contributed by atoms with Crippen molar-refractivity contribution in [2.45, 2.75) is 11.4 Å². The van der Waals surface area contributed by atoms with Crippen LogP contribution >= 0.6 is 0 Å². The van der Waals surface area contributed by atoms with Crippen LogP contribution in [-0.4, -0.2) is 46.9 Å². The van der Waals surface area contributed by atoms with Crippen LogP contribution in [0.5, 0.6) is 0 Å². The van der Waals surface area contributed by atoms with E-state index in [2.05, 4.69) is 9.97 Å². The Hall–Kier alpha value is -1.41. The van der Waals surface area contributed by atoms with E-state index in [0.29, 0.717) is 0 Å². The third-order valence-electron chi connectivity index (χ3n) is 2.48. The normalized spacial score (nSPS) is 18.2. The Morgan fingerprint density at radius 3 is 2.81 bits per heavy atom. The number of carbonyl (C=O) groups is 1. The van der Waals surface area contributed by atoms with Crippen molar-refractivity contribution in [3.8, 4) is 0 Å². The molecular weight excluding hydrogens is 234 g/mol. The second kappa shape index (κ2) is 3.87. The summed E-state index contributed by atoms with van der Waals surface area (Å²) in [6.07, 6.45) is 2.54. The number of hydrogen-bond acceptors (Lipinski definition) is 4. The average Bonchev–Trinajstić information content (AvgIpc) is 2.62. The molecule has 0 saturated carbocycles. The number of aromatic amines is 1. The number of nitrogens with one attached hydrogen (secondary N) is 1. The maximum absolute atomic E-state index is 11.8. The zero-order valence-corrected chi connectivity index (χ0v) is 9.14. The Morgan fingerprint density at radius 1 is 1.62 bits per heavy atom. The molecule has 0 bridgehead atoms. The number of aromatic nitrogens is 2. The number of sulfonamides is 1. The summed E-state index contributed by atoms with van der Waals surface area (Å²) < 4.78 is 24.9. The fourth-order valence-electron chi connectivity index (χ4n) is 1.62. The maximum atomic E-state index is 11.8. The van der Waals surface area contributed by atoms with E-state index in [0.717, 1.165) is 0 Å². The van der Waals surface area contributed by atoms with Gasteiger partial charge in [-0.15, -0.1) is 0 Å². The van der Waals surface area contributed by atoms with Gasteiger partial charge in [0.1, 0.15) is 0 Å². The van der Waals surface area contributed by atoms with Crippen molar-refractivity contribution >= 4 is 16.0 Å². The molecule has 1 aromatic heterocycles. The molecule has 0 aromatic carbocycles. The van der Waals surface area contributed by atoms with Crippen molar-refractivity contribution in [1.82, 2.24) is 14.3 Å². The molecule has 7 nitrogen and oxygen atoms in total. The van der Waals surface area contributed by atoms with Crippen LogP contribution in [0, 0.1) is 5.92 Å². The number of hydrogen-bond donors (Lipinski definition) is 2. The third kappa shape index (κ3) is 1.93. The lowest BCUT2D eigenvalue weighted by Gasteiger charge is -2.36. The van der Waals surface area contributed by atoms with Gasteiger partial charge in [0.2, 0.25) is 0 Å². The van der Waals surface area contributed by atoms with Crippen molar-refractivity contribution in [1.29, 1.82) is 0 Å². The van der Waals surface area contributed by atoms with E-state index in [1.807, 2.05) is 0 Å². The summed E-state index contributed by atoms with van der Waals surface area (Å²) in [7, 11) is -3.51. The van der Waals surface area contributed by atoms with Gasteiger partial charge >= 0.3 is 5.97 Å². The van der Waals surface area contributed by atoms with E-state index in [1.165, 1.54) is 16.8 Å². The van der Waals surface area contributed by atoms with E-state index < -0.39 is 16.0 Å². The van der Waals surface area contributed by atoms with E-state index in [-0.39, 0.29) is 30.5 Å². The van der Waals surface area contributed by atoms with Gasteiger partial charge in [0.05, 0.1) is 18.9 Å². The second-order valence-corrected chi connectivity index (χ2v) is 5.61. The van der Waals surface area contributed by atoms with Crippen molar-refractivity contribution in [2.24, 2.45) is 5.92 Å². The minimum absolute atomic E-state index is 0.00892. The molecule has 16 heavy (non-hydrogen) atoms. The predicted molar refractivity (Wildman–Crippen MR) is 53.1 cm³/mol. The first-order chi connectivity index (χ1) is 7.50. The number of aliphatic carboxylic acids is 1. The van der Waals surface area contributed by atoms with Gasteiger partial charge in [-0.25, -0.2) is 13.4 Å². The van der Waals surface area contributed by atoms with Gasteiger partial charge in [-0.05, 0) is 5.92 Å². The Morgan fingerprint density at radius 2 is 2.31 bits per heavy atom. The van der Waals surface area contributed by atoms with Crippen LogP contribution in [0.2, 0.25) is 0 Å². The molecule has 88 valence electrons. The Bertz CT molecular complexity index is 475. The monoisotopic (exact) mass is 245 g/mol. The highest BCUT2D eigenvalue weighted by Gasteiger charge is 2.38. The molecular formula is C8H11N3O4S. The molecule has 0 atom stereocenters. The van der Waals surface area contributed by atoms with Gasteiger partial charge in [-0.3, -0.25) is 4.79 Å². The Balaban J connectivity index is 2.00. The third-order valence-corrected chi connectivity index (χ3v) is 4.23. The molecule has 1 aliphatic rings. The fraction of sp³-hybridized carbons (Fsp3) is 0.500. The molecule has 2 rings (SSSR count). The van der Waals surface area contributed by atoms with Gasteiger partial charge < -0.3 is 10.1 Å². The van der Waals surface area contributed by atoms with Crippen LogP contribution < -0.4 is 0 Å². The number of carboxylic acids is 1. The molecule has 0 amide bonds. The molecule has 0 unspecified atom stereocenters. The first kappa shape index (κ1) is 11.1. The number of imidazole rings is 1. The van der Waals surface area contributed by atoms with Crippen LogP contribution in [0.3, 0.4) is 0 Å². The molecule has 2 heterocycles. The molecule has 0 radical (unpaired) electrons. The zero-order chi connectivity index (χ0) is 11.8. The summed E-state index contributed by atoms with van der Waals surface area (Å²) >= 11 is 0. The van der Waals surface area contributed by atoms with Crippen LogP contribution in [-0.2, 0) is 14.8 Å². The molecule has 2 N–H and O–H groups in total. The smallest absolute Gasteiger partial charge is 0.303 e. The van der Waals surface area contributed by atoms with E-state index >= 15 is 0 Å². The lowest BCUT2D eigenvalue weighted by Crippen LogP contribution is -2.50. The second-order valence-electron chi connectivity index (χ2n) is 3.70. The van der Waals surface area contributed by atoms with Crippen LogP contribution in [0.1, 0.15) is 6.42 Å². The number of rotatable bonds is 4. The van der Waals surface area contributed by atoms with Crippen LogP contribution in [0.15, 0.2) is 17.6 Å². The summed E-state index contributed by atoms with van der Waals surface area (Å²) in [5, 5.41) is 8.58. The minimum Gasteiger partial charge on any atom is -0.481 e. The summed E-state index contributed by atoms with van der Waals surface area (Å²) in [5.74, 6) is -0.987. The first-order valence-electron chi connectivity index (χ1n) is 4.70. The topological polar surface area (TPSA) is 103 Å². The van der Waals surface area contributed by atoms with E-state index in [4.69, 9.17) is 5.11 Å². The Labute approximate surface area is 92.2 Å². The summed E-state index contributed by atoms with van der Waals surface area (Å²) in [5.41, 5.74) is 0. The van der Waals surface area contributed by atoms with Crippen molar-refractivity contribution in [3.63, 3.8) is 0 Å². The lowest BCUT2D eigenvalue weighted by atomic mass is 10.00. The highest BCUT2D eigenvalue weighted by Crippen LogP contribution is 2.25. The number of nitrogens with zero attached hydrogens (tertiary/aromatic N) is 2. The van der Waals surface area contributed by atoms with Gasteiger partial charge in [-0.1, -0.05) is 0 Å². The van der Waals surface area contributed by atoms with Crippen LogP contribution in [0.25, 0.3) is 0 Å². The summed E-state index contributed by atoms with van der Waals surface area (Å²) in [6, 6.07) is 0. The highest BCUT2D eigenvalue weighted by atomic mass is 32.2. The Kier molecular flexibility index (Phi) is 2.68. The predicted octanol–water partition coefficient (Wildman–Crippen LogP) is -0.495. The van der Waals surface area contributed by atoms with Gasteiger partial charge in [-0.2, -0.15) is 4.31 Å². The van der Waals surface area contributed by atoms with Gasteiger partial charge in [0.25, 0.3) is 10.0 Å². The lowest BCUT2D eigenvalue weighted by molar-refractivity contribution is -0.139. The quantitative estimate of drug-likeness (QED) is 0.744. The summed E-state index contributed by atoms with van der Waals surface area (Å²) in [4.78, 5) is 16.6. The summed E-state index contributed by atoms with van der Waals surface area (Å²) in [6.45, 7) is 0.515. The molecule has 1 aliphatic heterocycles. The van der Waals surface area contributed by atoms with Crippen molar-refractivity contribution < 1.29 is 18.3 Å². The largest absolute Gasteiger partial charge is 0.481 e. The molecule has 0 aliphatic carbocycles. The van der Waals surface area contributed by atoms with Crippen molar-refractivity contribution in [3.05, 3.63) is 12.5 Å². The minimum atomic E-state index is -3.51. The molecule has 0 spiro atoms. The highest BCUT2D eigenvalue weighted by molar-refractivity contribution is 7.89. The SMILES string of the molecule is O=C(O)CC1CN(S(=O)(=O)c2cnc[nH]2)C1. The van der Waals surface area contributed by atoms with Crippen molar-refractivity contribution in [2.75, 3.05) is 13.1 Å². The fourth-order valence-corrected chi connectivity index (χ4v) is 3.11. The zero-order valence-electron chi connectivity index (χ0n) is 8.33. The standard InChI is InChI=1S/C8H11N3O4S/c12-8(13)1-6-3-11(4-6)16(14,15)7-2-9-5-10-7/h2,5-6H,1,3-4H2,(H,9,10)(H,12,13). The van der Waals surface area contributed by atoms with E-state index in [9.17, 15) is 13.2 Å².